The Labute approximate surface area is 188 Å². The molecule has 0 bridgehead atoms. The molecule has 0 saturated carbocycles. The van der Waals surface area contributed by atoms with Gasteiger partial charge in [-0.15, -0.1) is 24.0 Å². The van der Waals surface area contributed by atoms with E-state index in [1.165, 1.54) is 38.8 Å². The van der Waals surface area contributed by atoms with Crippen molar-refractivity contribution in [3.05, 3.63) is 18.7 Å². The fourth-order valence-corrected chi connectivity index (χ4v) is 4.64. The molecule has 3 unspecified atom stereocenters. The van der Waals surface area contributed by atoms with E-state index in [0.29, 0.717) is 18.0 Å². The third-order valence-electron chi connectivity index (χ3n) is 6.18. The highest BCUT2D eigenvalue weighted by atomic mass is 127. The van der Waals surface area contributed by atoms with Crippen molar-refractivity contribution in [2.24, 2.45) is 16.8 Å². The Hall–Kier alpha value is -0.830. The predicted octanol–water partition coefficient (Wildman–Crippen LogP) is 3.47. The minimum absolute atomic E-state index is 0. The zero-order chi connectivity index (χ0) is 19.2. The van der Waals surface area contributed by atoms with Gasteiger partial charge >= 0.3 is 0 Å². The Kier molecular flexibility index (Phi) is 9.53. The summed E-state index contributed by atoms with van der Waals surface area (Å²) in [6.07, 6.45) is 11.1. The fraction of sp³-hybridized carbons (Fsp3) is 0.810. The smallest absolute Gasteiger partial charge is 0.193 e. The number of aliphatic imine (C=N–C) groups is 1. The van der Waals surface area contributed by atoms with Crippen molar-refractivity contribution in [2.45, 2.75) is 58.5 Å². The molecule has 2 aliphatic rings. The minimum atomic E-state index is 0. The topological polar surface area (TPSA) is 48.7 Å². The Morgan fingerprint density at radius 3 is 2.75 bits per heavy atom. The second-order valence-corrected chi connectivity index (χ2v) is 8.76. The number of likely N-dealkylation sites (tertiary alicyclic amines) is 2. The van der Waals surface area contributed by atoms with Crippen LogP contribution in [0.25, 0.3) is 0 Å². The van der Waals surface area contributed by atoms with Gasteiger partial charge in [0.25, 0.3) is 0 Å². The molecule has 0 amide bonds. The molecule has 0 radical (unpaired) electrons. The second-order valence-electron chi connectivity index (χ2n) is 8.76. The van der Waals surface area contributed by atoms with Gasteiger partial charge in [0.1, 0.15) is 0 Å². The molecular formula is C21H39IN6. The van der Waals surface area contributed by atoms with Gasteiger partial charge < -0.3 is 14.8 Å². The lowest BCUT2D eigenvalue weighted by Gasteiger charge is -2.41. The lowest BCUT2D eigenvalue weighted by Crippen LogP contribution is -2.53. The zero-order valence-electron chi connectivity index (χ0n) is 18.0. The van der Waals surface area contributed by atoms with E-state index in [-0.39, 0.29) is 24.0 Å². The average Bonchev–Trinajstić information content (AvgIpc) is 3.18. The van der Waals surface area contributed by atoms with Crippen molar-refractivity contribution in [1.29, 1.82) is 0 Å². The van der Waals surface area contributed by atoms with Crippen LogP contribution in [-0.4, -0.2) is 71.1 Å². The van der Waals surface area contributed by atoms with Crippen LogP contribution in [0.4, 0.5) is 0 Å². The van der Waals surface area contributed by atoms with Gasteiger partial charge in [-0.1, -0.05) is 27.2 Å². The first kappa shape index (κ1) is 23.4. The van der Waals surface area contributed by atoms with Crippen molar-refractivity contribution in [3.63, 3.8) is 0 Å². The highest BCUT2D eigenvalue weighted by molar-refractivity contribution is 14.0. The van der Waals surface area contributed by atoms with Gasteiger partial charge in [-0.2, -0.15) is 0 Å². The number of nitrogens with one attached hydrogen (secondary N) is 1. The van der Waals surface area contributed by atoms with Gasteiger partial charge in [0.15, 0.2) is 5.96 Å². The summed E-state index contributed by atoms with van der Waals surface area (Å²) in [4.78, 5) is 14.0. The molecule has 0 aromatic carbocycles. The van der Waals surface area contributed by atoms with Gasteiger partial charge in [0.05, 0.1) is 12.4 Å². The van der Waals surface area contributed by atoms with E-state index in [9.17, 15) is 0 Å². The molecule has 3 heterocycles. The summed E-state index contributed by atoms with van der Waals surface area (Å²) >= 11 is 0. The maximum atomic E-state index is 4.61. The molecule has 6 nitrogen and oxygen atoms in total. The van der Waals surface area contributed by atoms with Crippen LogP contribution in [0.1, 0.15) is 52.5 Å². The largest absolute Gasteiger partial charge is 0.355 e. The summed E-state index contributed by atoms with van der Waals surface area (Å²) in [6.45, 7) is 12.5. The molecule has 0 spiro atoms. The van der Waals surface area contributed by atoms with Crippen molar-refractivity contribution in [1.82, 2.24) is 24.7 Å². The predicted molar refractivity (Wildman–Crippen MR) is 127 cm³/mol. The third-order valence-corrected chi connectivity index (χ3v) is 6.18. The molecule has 2 fully saturated rings. The van der Waals surface area contributed by atoms with Crippen LogP contribution in [0.5, 0.6) is 0 Å². The number of imidazole rings is 1. The van der Waals surface area contributed by atoms with Crippen LogP contribution < -0.4 is 5.32 Å². The Bertz CT molecular complexity index is 588. The maximum absolute atomic E-state index is 4.61. The molecule has 0 aliphatic carbocycles. The van der Waals surface area contributed by atoms with Gasteiger partial charge in [-0.25, -0.2) is 4.98 Å². The first-order valence-corrected chi connectivity index (χ1v) is 10.8. The van der Waals surface area contributed by atoms with Crippen LogP contribution in [0.3, 0.4) is 0 Å². The molecule has 3 atom stereocenters. The Balaban J connectivity index is 0.00000280. The van der Waals surface area contributed by atoms with E-state index in [0.717, 1.165) is 31.5 Å². The standard InChI is InChI=1S/C21H38N6.HI/c1-17(2)14-25-10-6-5-7-19(25)13-24-21(22-4)26-11-8-18(3)20(15-26)27-12-9-23-16-27;/h9,12,16-20H,5-8,10-11,13-15H2,1-4H3,(H,22,24);1H. The van der Waals surface area contributed by atoms with E-state index in [4.69, 9.17) is 0 Å². The molecule has 1 aromatic rings. The summed E-state index contributed by atoms with van der Waals surface area (Å²) in [5, 5.41) is 3.70. The van der Waals surface area contributed by atoms with E-state index < -0.39 is 0 Å². The van der Waals surface area contributed by atoms with Crippen LogP contribution in [0.15, 0.2) is 23.7 Å². The van der Waals surface area contributed by atoms with Crippen molar-refractivity contribution in [2.75, 3.05) is 39.8 Å². The zero-order valence-corrected chi connectivity index (χ0v) is 20.4. The van der Waals surface area contributed by atoms with Crippen LogP contribution in [-0.2, 0) is 0 Å². The van der Waals surface area contributed by atoms with Crippen LogP contribution in [0.2, 0.25) is 0 Å². The molecule has 7 heteroatoms. The molecule has 1 aromatic heterocycles. The number of halogens is 1. The average molecular weight is 502 g/mol. The molecule has 28 heavy (non-hydrogen) atoms. The first-order valence-electron chi connectivity index (χ1n) is 10.8. The number of guanidine groups is 1. The van der Waals surface area contributed by atoms with Gasteiger partial charge in [-0.3, -0.25) is 9.89 Å². The normalized spacial score (nSPS) is 27.0. The summed E-state index contributed by atoms with van der Waals surface area (Å²) in [6, 6.07) is 1.10. The molecule has 3 rings (SSSR count). The van der Waals surface area contributed by atoms with E-state index >= 15 is 0 Å². The van der Waals surface area contributed by atoms with Crippen LogP contribution >= 0.6 is 24.0 Å². The van der Waals surface area contributed by atoms with Crippen molar-refractivity contribution >= 4 is 29.9 Å². The van der Waals surface area contributed by atoms with Crippen molar-refractivity contribution < 1.29 is 0 Å². The summed E-state index contributed by atoms with van der Waals surface area (Å²) in [5.74, 6) is 2.44. The van der Waals surface area contributed by atoms with E-state index in [2.05, 4.69) is 56.6 Å². The number of nitrogens with zero attached hydrogens (tertiary/aromatic N) is 5. The lowest BCUT2D eigenvalue weighted by atomic mass is 9.93. The fourth-order valence-electron chi connectivity index (χ4n) is 4.64. The number of piperidine rings is 2. The first-order chi connectivity index (χ1) is 13.1. The van der Waals surface area contributed by atoms with Gasteiger partial charge in [0, 0.05) is 51.7 Å². The molecular weight excluding hydrogens is 463 g/mol. The number of aromatic nitrogens is 2. The number of hydrogen-bond acceptors (Lipinski definition) is 3. The SMILES string of the molecule is CN=C(NCC1CCCCN1CC(C)C)N1CCC(C)C(n2ccnc2)C1.I. The lowest BCUT2D eigenvalue weighted by molar-refractivity contribution is 0.131. The third kappa shape index (κ3) is 6.08. The van der Waals surface area contributed by atoms with Crippen LogP contribution in [0, 0.1) is 11.8 Å². The molecule has 160 valence electrons. The van der Waals surface area contributed by atoms with Gasteiger partial charge in [-0.05, 0) is 37.6 Å². The Morgan fingerprint density at radius 1 is 1.25 bits per heavy atom. The van der Waals surface area contributed by atoms with Crippen molar-refractivity contribution in [3.8, 4) is 0 Å². The quantitative estimate of drug-likeness (QED) is 0.381. The molecule has 2 saturated heterocycles. The Morgan fingerprint density at radius 2 is 2.07 bits per heavy atom. The second kappa shape index (κ2) is 11.4. The monoisotopic (exact) mass is 502 g/mol. The highest BCUT2D eigenvalue weighted by Gasteiger charge is 2.29. The van der Waals surface area contributed by atoms with Gasteiger partial charge in [0.2, 0.25) is 0 Å². The minimum Gasteiger partial charge on any atom is -0.355 e. The highest BCUT2D eigenvalue weighted by Crippen LogP contribution is 2.27. The van der Waals surface area contributed by atoms with E-state index in [1.807, 2.05) is 19.6 Å². The molecule has 1 N–H and O–H groups in total. The maximum Gasteiger partial charge on any atom is 0.193 e. The number of rotatable bonds is 5. The summed E-state index contributed by atoms with van der Waals surface area (Å²) in [5.41, 5.74) is 0. The summed E-state index contributed by atoms with van der Waals surface area (Å²) in [7, 11) is 1.92. The summed E-state index contributed by atoms with van der Waals surface area (Å²) < 4.78 is 2.26. The number of hydrogen-bond donors (Lipinski definition) is 1. The molecule has 2 aliphatic heterocycles. The van der Waals surface area contributed by atoms with E-state index in [1.54, 1.807) is 0 Å².